The van der Waals surface area contributed by atoms with E-state index in [4.69, 9.17) is 11.6 Å². The number of carbonyl (C=O) groups is 1. The van der Waals surface area contributed by atoms with Crippen molar-refractivity contribution >= 4 is 44.7 Å². The number of rotatable bonds is 5. The van der Waals surface area contributed by atoms with Crippen molar-refractivity contribution in [3.8, 4) is 0 Å². The minimum Gasteiger partial charge on any atom is -0.368 e. The average Bonchev–Trinajstić information content (AvgIpc) is 2.74. The first-order valence-corrected chi connectivity index (χ1v) is 12.1. The molecule has 0 aliphatic carbocycles. The van der Waals surface area contributed by atoms with Crippen LogP contribution in [0, 0.1) is 5.92 Å². The summed E-state index contributed by atoms with van der Waals surface area (Å²) in [5.74, 6) is 0.433. The molecular formula is C22H25ClN4O3S. The van der Waals surface area contributed by atoms with E-state index in [1.165, 1.54) is 6.07 Å². The summed E-state index contributed by atoms with van der Waals surface area (Å²) in [4.78, 5) is 17.1. The van der Waals surface area contributed by atoms with Gasteiger partial charge in [-0.15, -0.1) is 4.40 Å². The summed E-state index contributed by atoms with van der Waals surface area (Å²) in [6.07, 6.45) is 0.743. The predicted molar refractivity (Wildman–Crippen MR) is 123 cm³/mol. The van der Waals surface area contributed by atoms with Gasteiger partial charge in [0.25, 0.3) is 10.0 Å². The summed E-state index contributed by atoms with van der Waals surface area (Å²) in [7, 11) is -3.70. The SMILES string of the molecule is CC(CC(=O)N1CCN(c2ccc(Cl)cc2)CC1)CC1=NS(=O)(=O)c2ccccc2N1. The van der Waals surface area contributed by atoms with Crippen LogP contribution in [-0.2, 0) is 14.8 Å². The number of halogens is 1. The van der Waals surface area contributed by atoms with E-state index >= 15 is 0 Å². The number of nitrogens with zero attached hydrogens (tertiary/aromatic N) is 3. The van der Waals surface area contributed by atoms with Crippen molar-refractivity contribution in [2.45, 2.75) is 24.7 Å². The zero-order valence-electron chi connectivity index (χ0n) is 17.3. The zero-order chi connectivity index (χ0) is 22.0. The Hall–Kier alpha value is -2.58. The molecule has 164 valence electrons. The summed E-state index contributed by atoms with van der Waals surface area (Å²) in [6, 6.07) is 14.4. The van der Waals surface area contributed by atoms with Gasteiger partial charge in [-0.1, -0.05) is 30.7 Å². The zero-order valence-corrected chi connectivity index (χ0v) is 18.9. The first-order chi connectivity index (χ1) is 14.8. The van der Waals surface area contributed by atoms with Crippen LogP contribution in [0.3, 0.4) is 0 Å². The number of sulfonamides is 1. The Morgan fingerprint density at radius 3 is 2.48 bits per heavy atom. The van der Waals surface area contributed by atoms with Crippen LogP contribution in [-0.4, -0.2) is 51.2 Å². The number of piperazine rings is 1. The molecule has 2 aliphatic rings. The van der Waals surface area contributed by atoms with Gasteiger partial charge in [-0.05, 0) is 42.3 Å². The molecule has 1 saturated heterocycles. The normalized spacial score (nSPS) is 18.6. The minimum atomic E-state index is -3.70. The van der Waals surface area contributed by atoms with Crippen molar-refractivity contribution < 1.29 is 13.2 Å². The molecule has 0 spiro atoms. The Kier molecular flexibility index (Phi) is 6.20. The van der Waals surface area contributed by atoms with E-state index in [9.17, 15) is 13.2 Å². The van der Waals surface area contributed by atoms with Crippen molar-refractivity contribution in [3.63, 3.8) is 0 Å². The van der Waals surface area contributed by atoms with Gasteiger partial charge in [-0.3, -0.25) is 4.79 Å². The van der Waals surface area contributed by atoms with Crippen molar-refractivity contribution in [3.05, 3.63) is 53.6 Å². The molecule has 2 aliphatic heterocycles. The minimum absolute atomic E-state index is 0.0338. The van der Waals surface area contributed by atoms with Gasteiger partial charge in [-0.25, -0.2) is 0 Å². The molecule has 0 aromatic heterocycles. The molecule has 4 rings (SSSR count). The summed E-state index contributed by atoms with van der Waals surface area (Å²) >= 11 is 5.96. The Labute approximate surface area is 187 Å². The first kappa shape index (κ1) is 21.6. The smallest absolute Gasteiger partial charge is 0.286 e. The third kappa shape index (κ3) is 5.02. The van der Waals surface area contributed by atoms with E-state index in [1.807, 2.05) is 36.1 Å². The molecule has 1 atom stereocenters. The van der Waals surface area contributed by atoms with E-state index in [0.29, 0.717) is 42.5 Å². The number of amidine groups is 1. The number of para-hydroxylation sites is 1. The highest BCUT2D eigenvalue weighted by Crippen LogP contribution is 2.28. The molecule has 31 heavy (non-hydrogen) atoms. The second-order valence-corrected chi connectivity index (χ2v) is 10.0. The van der Waals surface area contributed by atoms with Gasteiger partial charge in [-0.2, -0.15) is 8.42 Å². The monoisotopic (exact) mass is 460 g/mol. The molecule has 0 saturated carbocycles. The number of hydrogen-bond acceptors (Lipinski definition) is 5. The fourth-order valence-electron chi connectivity index (χ4n) is 3.95. The van der Waals surface area contributed by atoms with E-state index in [0.717, 1.165) is 18.8 Å². The summed E-state index contributed by atoms with van der Waals surface area (Å²) in [6.45, 7) is 4.81. The van der Waals surface area contributed by atoms with Gasteiger partial charge in [0.15, 0.2) is 0 Å². The Bertz CT molecular complexity index is 1090. The third-order valence-electron chi connectivity index (χ3n) is 5.56. The van der Waals surface area contributed by atoms with Crippen LogP contribution in [0.4, 0.5) is 11.4 Å². The molecule has 2 aromatic carbocycles. The van der Waals surface area contributed by atoms with Crippen LogP contribution < -0.4 is 10.2 Å². The lowest BCUT2D eigenvalue weighted by Crippen LogP contribution is -2.49. The third-order valence-corrected chi connectivity index (χ3v) is 7.19. The highest BCUT2D eigenvalue weighted by Gasteiger charge is 2.27. The summed E-state index contributed by atoms with van der Waals surface area (Å²) in [5.41, 5.74) is 1.64. The maximum absolute atomic E-state index is 12.8. The van der Waals surface area contributed by atoms with Crippen LogP contribution in [0.1, 0.15) is 19.8 Å². The molecule has 1 amide bonds. The van der Waals surface area contributed by atoms with Crippen molar-refractivity contribution in [1.29, 1.82) is 0 Å². The first-order valence-electron chi connectivity index (χ1n) is 10.3. The largest absolute Gasteiger partial charge is 0.368 e. The maximum atomic E-state index is 12.8. The highest BCUT2D eigenvalue weighted by molar-refractivity contribution is 7.90. The van der Waals surface area contributed by atoms with E-state index in [1.54, 1.807) is 18.2 Å². The van der Waals surface area contributed by atoms with Gasteiger partial charge in [0.1, 0.15) is 10.7 Å². The van der Waals surface area contributed by atoms with Crippen LogP contribution in [0.5, 0.6) is 0 Å². The fourth-order valence-corrected chi connectivity index (χ4v) is 5.23. The van der Waals surface area contributed by atoms with Crippen molar-refractivity contribution in [2.24, 2.45) is 10.3 Å². The molecule has 2 aromatic rings. The lowest BCUT2D eigenvalue weighted by atomic mass is 10.0. The van der Waals surface area contributed by atoms with Gasteiger partial charge >= 0.3 is 0 Å². The number of benzene rings is 2. The molecule has 9 heteroatoms. The quantitative estimate of drug-likeness (QED) is 0.736. The number of carbonyl (C=O) groups excluding carboxylic acids is 1. The molecule has 2 heterocycles. The van der Waals surface area contributed by atoms with E-state index in [-0.39, 0.29) is 16.7 Å². The standard InChI is InChI=1S/C22H25ClN4O3S/c1-16(14-21-24-19-4-2-3-5-20(19)31(29,30)25-21)15-22(28)27-12-10-26(11-13-27)18-8-6-17(23)7-9-18/h2-9,16H,10-15H2,1H3,(H,24,25). The number of anilines is 2. The molecular weight excluding hydrogens is 436 g/mol. The fraction of sp³-hybridized carbons (Fsp3) is 0.364. The summed E-state index contributed by atoms with van der Waals surface area (Å²) in [5, 5.41) is 3.80. The highest BCUT2D eigenvalue weighted by atomic mass is 35.5. The van der Waals surface area contributed by atoms with Crippen LogP contribution >= 0.6 is 11.6 Å². The number of amides is 1. The van der Waals surface area contributed by atoms with Gasteiger partial charge < -0.3 is 15.1 Å². The molecule has 1 fully saturated rings. The lowest BCUT2D eigenvalue weighted by molar-refractivity contribution is -0.132. The Balaban J connectivity index is 1.30. The van der Waals surface area contributed by atoms with Crippen molar-refractivity contribution in [1.82, 2.24) is 4.90 Å². The number of fused-ring (bicyclic) bond motifs is 1. The van der Waals surface area contributed by atoms with Gasteiger partial charge in [0, 0.05) is 49.7 Å². The van der Waals surface area contributed by atoms with Crippen LogP contribution in [0.25, 0.3) is 0 Å². The lowest BCUT2D eigenvalue weighted by Gasteiger charge is -2.36. The van der Waals surface area contributed by atoms with Gasteiger partial charge in [0.2, 0.25) is 5.91 Å². The second kappa shape index (κ2) is 8.88. The number of nitrogens with one attached hydrogen (secondary N) is 1. The molecule has 0 bridgehead atoms. The molecule has 0 radical (unpaired) electrons. The molecule has 1 unspecified atom stereocenters. The predicted octanol–water partition coefficient (Wildman–Crippen LogP) is 3.62. The Morgan fingerprint density at radius 1 is 1.10 bits per heavy atom. The molecule has 7 nitrogen and oxygen atoms in total. The maximum Gasteiger partial charge on any atom is 0.286 e. The van der Waals surface area contributed by atoms with E-state index < -0.39 is 10.0 Å². The van der Waals surface area contributed by atoms with E-state index in [2.05, 4.69) is 14.6 Å². The average molecular weight is 461 g/mol. The second-order valence-electron chi connectivity index (χ2n) is 7.99. The van der Waals surface area contributed by atoms with Crippen molar-refractivity contribution in [2.75, 3.05) is 36.4 Å². The van der Waals surface area contributed by atoms with Crippen LogP contribution in [0.2, 0.25) is 5.02 Å². The Morgan fingerprint density at radius 2 is 1.77 bits per heavy atom. The molecule has 1 N–H and O–H groups in total. The topological polar surface area (TPSA) is 82.1 Å². The van der Waals surface area contributed by atoms with Crippen LogP contribution in [0.15, 0.2) is 57.8 Å². The number of hydrogen-bond donors (Lipinski definition) is 1. The summed E-state index contributed by atoms with van der Waals surface area (Å²) < 4.78 is 28.7. The van der Waals surface area contributed by atoms with Gasteiger partial charge in [0.05, 0.1) is 5.69 Å².